The maximum atomic E-state index is 12.7. The molecule has 0 spiro atoms. The van der Waals surface area contributed by atoms with Crippen molar-refractivity contribution in [2.45, 2.75) is 0 Å². The molecule has 0 aliphatic carbocycles. The molecule has 0 saturated carbocycles. The highest BCUT2D eigenvalue weighted by Crippen LogP contribution is 2.17. The maximum Gasteiger partial charge on any atom is 0.283 e. The molecule has 0 aliphatic rings. The highest BCUT2D eigenvalue weighted by Gasteiger charge is 2.12. The fourth-order valence-electron chi connectivity index (χ4n) is 2.82. The van der Waals surface area contributed by atoms with Crippen LogP contribution in [-0.4, -0.2) is 30.3 Å². The topological polar surface area (TPSA) is 125 Å². The molecule has 0 unspecified atom stereocenters. The quantitative estimate of drug-likeness (QED) is 0.291. The number of rotatable bonds is 5. The predicted octanol–water partition coefficient (Wildman–Crippen LogP) is 2.93. The molecule has 154 valence electrons. The van der Waals surface area contributed by atoms with Gasteiger partial charge in [-0.25, -0.2) is 14.3 Å². The first-order valence-corrected chi connectivity index (χ1v) is 9.25. The zero-order valence-corrected chi connectivity index (χ0v) is 16.4. The Bertz CT molecular complexity index is 1390. The third kappa shape index (κ3) is 4.19. The van der Waals surface area contributed by atoms with Gasteiger partial charge in [-0.05, 0) is 42.0 Å². The summed E-state index contributed by atoms with van der Waals surface area (Å²) in [6, 6.07) is 12.6. The van der Waals surface area contributed by atoms with Crippen LogP contribution >= 0.6 is 11.6 Å². The Kier molecular flexibility index (Phi) is 5.29. The van der Waals surface area contributed by atoms with Gasteiger partial charge in [0.2, 0.25) is 0 Å². The first kappa shape index (κ1) is 20.0. The zero-order valence-electron chi connectivity index (χ0n) is 15.7. The smallest absolute Gasteiger partial charge is 0.268 e. The summed E-state index contributed by atoms with van der Waals surface area (Å²) in [5.41, 5.74) is 3.40. The van der Waals surface area contributed by atoms with Crippen LogP contribution in [0.5, 0.6) is 0 Å². The Balaban J connectivity index is 1.55. The first-order chi connectivity index (χ1) is 14.9. The fraction of sp³-hybridized carbons (Fsp3) is 0. The van der Waals surface area contributed by atoms with E-state index in [1.807, 2.05) is 0 Å². The normalized spacial score (nSPS) is 11.1. The van der Waals surface area contributed by atoms with Gasteiger partial charge >= 0.3 is 0 Å². The van der Waals surface area contributed by atoms with Crippen molar-refractivity contribution in [2.75, 3.05) is 5.43 Å². The largest absolute Gasteiger partial charge is 0.283 e. The standard InChI is InChI=1S/C20H13ClN6O4/c21-14-2-1-3-16(10-14)26-19-17(11-23-26)20(29)25(12-22-19)24-18(28)9-6-13-4-7-15(8-5-13)27(30)31/h1-12H,(H,24,28)/b9-6+. The van der Waals surface area contributed by atoms with E-state index in [0.29, 0.717) is 21.9 Å². The number of aromatic nitrogens is 4. The van der Waals surface area contributed by atoms with Crippen LogP contribution in [0.2, 0.25) is 5.02 Å². The van der Waals surface area contributed by atoms with Crippen molar-refractivity contribution in [1.29, 1.82) is 0 Å². The van der Waals surface area contributed by atoms with Crippen LogP contribution in [0.25, 0.3) is 22.8 Å². The van der Waals surface area contributed by atoms with Gasteiger partial charge in [-0.3, -0.25) is 25.1 Å². The second-order valence-electron chi connectivity index (χ2n) is 6.35. The number of fused-ring (bicyclic) bond motifs is 1. The number of carbonyl (C=O) groups is 1. The van der Waals surface area contributed by atoms with Crippen LogP contribution in [0, 0.1) is 10.1 Å². The number of nitrogens with one attached hydrogen (secondary N) is 1. The number of carbonyl (C=O) groups excluding carboxylic acids is 1. The number of nitro benzene ring substituents is 1. The SMILES string of the molecule is O=C(/C=C/c1ccc([N+](=O)[O-])cc1)Nn1cnc2c(cnn2-c2cccc(Cl)c2)c1=O. The molecule has 0 atom stereocenters. The second-order valence-corrected chi connectivity index (χ2v) is 6.79. The molecule has 1 N–H and O–H groups in total. The van der Waals surface area contributed by atoms with E-state index in [0.717, 1.165) is 4.68 Å². The van der Waals surface area contributed by atoms with Gasteiger partial charge in [0.25, 0.3) is 17.2 Å². The summed E-state index contributed by atoms with van der Waals surface area (Å²) in [6.45, 7) is 0. The van der Waals surface area contributed by atoms with E-state index in [2.05, 4.69) is 15.5 Å². The molecule has 0 fully saturated rings. The average molecular weight is 437 g/mol. The van der Waals surface area contributed by atoms with E-state index >= 15 is 0 Å². The number of hydrogen-bond acceptors (Lipinski definition) is 6. The molecule has 2 aromatic carbocycles. The van der Waals surface area contributed by atoms with Gasteiger partial charge in [0.1, 0.15) is 11.7 Å². The van der Waals surface area contributed by atoms with Crippen molar-refractivity contribution < 1.29 is 9.72 Å². The molecular weight excluding hydrogens is 424 g/mol. The third-order valence-electron chi connectivity index (χ3n) is 4.30. The van der Waals surface area contributed by atoms with Gasteiger partial charge in [0, 0.05) is 23.2 Å². The van der Waals surface area contributed by atoms with E-state index in [1.165, 1.54) is 53.6 Å². The highest BCUT2D eigenvalue weighted by molar-refractivity contribution is 6.30. The molecular formula is C20H13ClN6O4. The number of hydrogen-bond donors (Lipinski definition) is 1. The number of nitro groups is 1. The number of amides is 1. The van der Waals surface area contributed by atoms with Gasteiger partial charge in [0.05, 0.1) is 16.8 Å². The van der Waals surface area contributed by atoms with Crippen LogP contribution in [0.4, 0.5) is 5.69 Å². The Labute approximate surface area is 179 Å². The van der Waals surface area contributed by atoms with Crippen molar-refractivity contribution in [3.63, 3.8) is 0 Å². The van der Waals surface area contributed by atoms with Gasteiger partial charge in [-0.1, -0.05) is 17.7 Å². The van der Waals surface area contributed by atoms with Crippen molar-refractivity contribution in [3.8, 4) is 5.69 Å². The summed E-state index contributed by atoms with van der Waals surface area (Å²) >= 11 is 6.01. The first-order valence-electron chi connectivity index (χ1n) is 8.87. The Morgan fingerprint density at radius 2 is 1.97 bits per heavy atom. The van der Waals surface area contributed by atoms with Crippen molar-refractivity contribution >= 4 is 40.3 Å². The van der Waals surface area contributed by atoms with E-state index in [9.17, 15) is 19.7 Å². The number of nitrogens with zero attached hydrogens (tertiary/aromatic N) is 5. The molecule has 0 saturated heterocycles. The minimum atomic E-state index is -0.580. The summed E-state index contributed by atoms with van der Waals surface area (Å²) in [5, 5.41) is 15.6. The molecule has 31 heavy (non-hydrogen) atoms. The third-order valence-corrected chi connectivity index (χ3v) is 4.54. The average Bonchev–Trinajstić information content (AvgIpc) is 3.19. The fourth-order valence-corrected chi connectivity index (χ4v) is 3.01. The van der Waals surface area contributed by atoms with Crippen LogP contribution in [0.3, 0.4) is 0 Å². The van der Waals surface area contributed by atoms with E-state index in [4.69, 9.17) is 11.6 Å². The monoisotopic (exact) mass is 436 g/mol. The van der Waals surface area contributed by atoms with E-state index < -0.39 is 16.4 Å². The molecule has 1 amide bonds. The number of benzene rings is 2. The highest BCUT2D eigenvalue weighted by atomic mass is 35.5. The van der Waals surface area contributed by atoms with Gasteiger partial charge in [-0.2, -0.15) is 5.10 Å². The Morgan fingerprint density at radius 3 is 2.68 bits per heavy atom. The lowest BCUT2D eigenvalue weighted by molar-refractivity contribution is -0.384. The number of non-ortho nitro benzene ring substituents is 1. The molecule has 0 radical (unpaired) electrons. The van der Waals surface area contributed by atoms with Crippen molar-refractivity contribution in [1.82, 2.24) is 19.4 Å². The van der Waals surface area contributed by atoms with Gasteiger partial charge in [0.15, 0.2) is 5.65 Å². The second kappa shape index (κ2) is 8.20. The minimum absolute atomic E-state index is 0.0501. The molecule has 4 aromatic rings. The van der Waals surface area contributed by atoms with Crippen LogP contribution in [-0.2, 0) is 4.79 Å². The van der Waals surface area contributed by atoms with E-state index in [1.54, 1.807) is 24.3 Å². The summed E-state index contributed by atoms with van der Waals surface area (Å²) in [4.78, 5) is 39.3. The lowest BCUT2D eigenvalue weighted by Gasteiger charge is -2.06. The van der Waals surface area contributed by atoms with Crippen molar-refractivity contribution in [2.24, 2.45) is 0 Å². The van der Waals surface area contributed by atoms with Crippen LogP contribution < -0.4 is 11.0 Å². The number of halogens is 1. The molecule has 4 rings (SSSR count). The lowest BCUT2D eigenvalue weighted by atomic mass is 10.2. The van der Waals surface area contributed by atoms with Crippen LogP contribution in [0.15, 0.2) is 71.9 Å². The van der Waals surface area contributed by atoms with Crippen molar-refractivity contribution in [3.05, 3.63) is 98.2 Å². The summed E-state index contributed by atoms with van der Waals surface area (Å²) in [5.74, 6) is -0.580. The summed E-state index contributed by atoms with van der Waals surface area (Å²) in [7, 11) is 0. The van der Waals surface area contributed by atoms with Gasteiger partial charge in [-0.15, -0.1) is 0 Å². The Hall–Kier alpha value is -4.31. The van der Waals surface area contributed by atoms with Gasteiger partial charge < -0.3 is 0 Å². The molecule has 0 bridgehead atoms. The predicted molar refractivity (Wildman–Crippen MR) is 115 cm³/mol. The molecule has 10 nitrogen and oxygen atoms in total. The molecule has 11 heteroatoms. The summed E-state index contributed by atoms with van der Waals surface area (Å²) < 4.78 is 2.43. The Morgan fingerprint density at radius 1 is 1.19 bits per heavy atom. The summed E-state index contributed by atoms with van der Waals surface area (Å²) in [6.07, 6.45) is 5.21. The molecule has 0 aliphatic heterocycles. The zero-order chi connectivity index (χ0) is 22.0. The lowest BCUT2D eigenvalue weighted by Crippen LogP contribution is -2.32. The molecule has 2 heterocycles. The van der Waals surface area contributed by atoms with E-state index in [-0.39, 0.29) is 11.1 Å². The van der Waals surface area contributed by atoms with Crippen LogP contribution in [0.1, 0.15) is 5.56 Å². The maximum absolute atomic E-state index is 12.7. The molecule has 2 aromatic heterocycles. The minimum Gasteiger partial charge on any atom is -0.268 e.